The Bertz CT molecular complexity index is 779. The fourth-order valence-corrected chi connectivity index (χ4v) is 2.13. The van der Waals surface area contributed by atoms with Crippen molar-refractivity contribution in [2.24, 2.45) is 5.10 Å². The Kier molecular flexibility index (Phi) is 7.77. The van der Waals surface area contributed by atoms with E-state index in [4.69, 9.17) is 18.9 Å². The maximum atomic E-state index is 11.0. The van der Waals surface area contributed by atoms with Gasteiger partial charge in [-0.15, -0.1) is 0 Å². The number of rotatable bonds is 9. The number of para-hydroxylation sites is 2. The Hall–Kier alpha value is -3.42. The van der Waals surface area contributed by atoms with E-state index in [1.807, 2.05) is 24.3 Å². The van der Waals surface area contributed by atoms with Gasteiger partial charge in [-0.05, 0) is 35.9 Å². The van der Waals surface area contributed by atoms with E-state index in [9.17, 15) is 4.79 Å². The van der Waals surface area contributed by atoms with E-state index in [1.54, 1.807) is 32.4 Å². The lowest BCUT2D eigenvalue weighted by molar-refractivity contribution is 0.171. The number of amides is 1. The number of carbonyl (C=O) groups is 1. The minimum absolute atomic E-state index is 0.325. The van der Waals surface area contributed by atoms with Gasteiger partial charge in [0.05, 0.1) is 27.5 Å². The molecule has 0 aliphatic carbocycles. The molecule has 0 saturated heterocycles. The smallest absolute Gasteiger partial charge is 0.427 e. The van der Waals surface area contributed by atoms with Crippen LogP contribution in [0.3, 0.4) is 0 Å². The molecule has 0 aliphatic rings. The number of hydrogen-bond acceptors (Lipinski definition) is 7. The zero-order valence-corrected chi connectivity index (χ0v) is 15.4. The zero-order valence-electron chi connectivity index (χ0n) is 15.4. The maximum absolute atomic E-state index is 11.0. The normalized spacial score (nSPS) is 10.3. The molecule has 144 valence electrons. The fourth-order valence-electron chi connectivity index (χ4n) is 2.13. The van der Waals surface area contributed by atoms with Crippen LogP contribution in [0.4, 0.5) is 4.79 Å². The number of carbonyl (C=O) groups excluding carboxylic acids is 1. The fraction of sp³-hybridized carbons (Fsp3) is 0.263. The molecule has 0 fully saturated rings. The van der Waals surface area contributed by atoms with Crippen molar-refractivity contribution in [1.29, 1.82) is 0 Å². The molecular weight excluding hydrogens is 352 g/mol. The summed E-state index contributed by atoms with van der Waals surface area (Å²) in [6, 6.07) is 12.7. The van der Waals surface area contributed by atoms with Crippen molar-refractivity contribution >= 4 is 12.3 Å². The highest BCUT2D eigenvalue weighted by molar-refractivity contribution is 5.82. The Labute approximate surface area is 157 Å². The molecule has 0 atom stereocenters. The number of methoxy groups -OCH3 is 3. The summed E-state index contributed by atoms with van der Waals surface area (Å²) in [5.74, 6) is 2.42. The van der Waals surface area contributed by atoms with Gasteiger partial charge in [0.25, 0.3) is 0 Å². The number of hydrogen-bond donors (Lipinski definition) is 1. The first-order valence-electron chi connectivity index (χ1n) is 8.11. The van der Waals surface area contributed by atoms with Crippen molar-refractivity contribution in [1.82, 2.24) is 5.43 Å². The van der Waals surface area contributed by atoms with Crippen molar-refractivity contribution in [3.8, 4) is 23.0 Å². The number of ether oxygens (including phenoxy) is 5. The van der Waals surface area contributed by atoms with Crippen LogP contribution in [0.25, 0.3) is 0 Å². The van der Waals surface area contributed by atoms with Crippen LogP contribution in [0, 0.1) is 0 Å². The van der Waals surface area contributed by atoms with Crippen molar-refractivity contribution < 1.29 is 28.5 Å². The summed E-state index contributed by atoms with van der Waals surface area (Å²) in [6.07, 6.45) is 0.821. The first-order chi connectivity index (χ1) is 13.2. The summed E-state index contributed by atoms with van der Waals surface area (Å²) in [5, 5.41) is 3.76. The Morgan fingerprint density at radius 3 is 2.19 bits per heavy atom. The highest BCUT2D eigenvalue weighted by Crippen LogP contribution is 2.28. The third-order valence-corrected chi connectivity index (χ3v) is 3.41. The Morgan fingerprint density at radius 1 is 0.926 bits per heavy atom. The number of nitrogens with one attached hydrogen (secondary N) is 1. The molecule has 2 rings (SSSR count). The SMILES string of the molecule is COC(=O)NN=Cc1ccc(OCCOc2ccccc2OC)c(OC)c1. The molecule has 0 aromatic heterocycles. The van der Waals surface area contributed by atoms with Gasteiger partial charge in [0.1, 0.15) is 13.2 Å². The second-order valence-electron chi connectivity index (χ2n) is 5.12. The molecule has 27 heavy (non-hydrogen) atoms. The molecule has 0 aliphatic heterocycles. The van der Waals surface area contributed by atoms with E-state index in [1.165, 1.54) is 13.3 Å². The van der Waals surface area contributed by atoms with E-state index in [0.29, 0.717) is 36.2 Å². The van der Waals surface area contributed by atoms with Gasteiger partial charge >= 0.3 is 6.09 Å². The van der Waals surface area contributed by atoms with E-state index < -0.39 is 6.09 Å². The molecular formula is C19H22N2O6. The molecule has 2 aromatic rings. The van der Waals surface area contributed by atoms with Crippen LogP contribution in [-0.2, 0) is 4.74 Å². The first-order valence-corrected chi connectivity index (χ1v) is 8.11. The maximum Gasteiger partial charge on any atom is 0.427 e. The minimum atomic E-state index is -0.645. The van der Waals surface area contributed by atoms with Crippen LogP contribution in [0.15, 0.2) is 47.6 Å². The molecule has 8 heteroatoms. The van der Waals surface area contributed by atoms with Crippen LogP contribution in [-0.4, -0.2) is 46.9 Å². The largest absolute Gasteiger partial charge is 0.493 e. The van der Waals surface area contributed by atoms with E-state index in [-0.39, 0.29) is 0 Å². The average Bonchev–Trinajstić information content (AvgIpc) is 2.71. The molecule has 0 heterocycles. The third kappa shape index (κ3) is 6.10. The van der Waals surface area contributed by atoms with Crippen molar-refractivity contribution in [2.75, 3.05) is 34.5 Å². The standard InChI is InChI=1S/C19H22N2O6/c1-23-15-6-4-5-7-16(15)26-10-11-27-17-9-8-14(12-18(17)24-2)13-20-21-19(22)25-3/h4-9,12-13H,10-11H2,1-3H3,(H,21,22). The molecule has 0 bridgehead atoms. The summed E-state index contributed by atoms with van der Waals surface area (Å²) in [4.78, 5) is 11.0. The van der Waals surface area contributed by atoms with Gasteiger partial charge < -0.3 is 23.7 Å². The molecule has 0 radical (unpaired) electrons. The van der Waals surface area contributed by atoms with Crippen LogP contribution in [0.5, 0.6) is 23.0 Å². The Balaban J connectivity index is 1.89. The highest BCUT2D eigenvalue weighted by atomic mass is 16.6. The third-order valence-electron chi connectivity index (χ3n) is 3.41. The quantitative estimate of drug-likeness (QED) is 0.413. The minimum Gasteiger partial charge on any atom is -0.493 e. The molecule has 0 unspecified atom stereocenters. The summed E-state index contributed by atoms with van der Waals surface area (Å²) in [6.45, 7) is 0.668. The van der Waals surface area contributed by atoms with Gasteiger partial charge in [-0.25, -0.2) is 10.2 Å². The number of benzene rings is 2. The van der Waals surface area contributed by atoms with Gasteiger partial charge in [0.2, 0.25) is 0 Å². The lowest BCUT2D eigenvalue weighted by Gasteiger charge is -2.13. The molecule has 2 aromatic carbocycles. The van der Waals surface area contributed by atoms with Crippen molar-refractivity contribution in [3.05, 3.63) is 48.0 Å². The van der Waals surface area contributed by atoms with Crippen molar-refractivity contribution in [2.45, 2.75) is 0 Å². The molecule has 0 saturated carbocycles. The average molecular weight is 374 g/mol. The number of nitrogens with zero attached hydrogens (tertiary/aromatic N) is 1. The van der Waals surface area contributed by atoms with Gasteiger partial charge in [-0.2, -0.15) is 5.10 Å². The van der Waals surface area contributed by atoms with Crippen LogP contribution in [0.1, 0.15) is 5.56 Å². The molecule has 8 nitrogen and oxygen atoms in total. The summed E-state index contributed by atoms with van der Waals surface area (Å²) in [7, 11) is 4.40. The topological polar surface area (TPSA) is 87.6 Å². The van der Waals surface area contributed by atoms with E-state index in [2.05, 4.69) is 15.3 Å². The predicted molar refractivity (Wildman–Crippen MR) is 100 cm³/mol. The van der Waals surface area contributed by atoms with E-state index >= 15 is 0 Å². The second kappa shape index (κ2) is 10.5. The first kappa shape index (κ1) is 19.9. The lowest BCUT2D eigenvalue weighted by atomic mass is 10.2. The zero-order chi connectivity index (χ0) is 19.5. The number of hydrazone groups is 1. The van der Waals surface area contributed by atoms with Gasteiger partial charge in [0.15, 0.2) is 23.0 Å². The van der Waals surface area contributed by atoms with Crippen LogP contribution >= 0.6 is 0 Å². The van der Waals surface area contributed by atoms with Gasteiger partial charge in [-0.1, -0.05) is 12.1 Å². The highest BCUT2D eigenvalue weighted by Gasteiger charge is 2.07. The lowest BCUT2D eigenvalue weighted by Crippen LogP contribution is -2.16. The van der Waals surface area contributed by atoms with Crippen LogP contribution in [0.2, 0.25) is 0 Å². The molecule has 1 amide bonds. The second-order valence-corrected chi connectivity index (χ2v) is 5.12. The van der Waals surface area contributed by atoms with Crippen molar-refractivity contribution in [3.63, 3.8) is 0 Å². The molecule has 0 spiro atoms. The summed E-state index contributed by atoms with van der Waals surface area (Å²) >= 11 is 0. The summed E-state index contributed by atoms with van der Waals surface area (Å²) < 4.78 is 26.4. The summed E-state index contributed by atoms with van der Waals surface area (Å²) in [5.41, 5.74) is 2.93. The van der Waals surface area contributed by atoms with Gasteiger partial charge in [-0.3, -0.25) is 0 Å². The molecule has 1 N–H and O–H groups in total. The van der Waals surface area contributed by atoms with E-state index in [0.717, 1.165) is 5.56 Å². The Morgan fingerprint density at radius 2 is 1.56 bits per heavy atom. The monoisotopic (exact) mass is 374 g/mol. The van der Waals surface area contributed by atoms with Crippen LogP contribution < -0.4 is 24.4 Å². The van der Waals surface area contributed by atoms with Gasteiger partial charge in [0, 0.05) is 0 Å². The predicted octanol–water partition coefficient (Wildman–Crippen LogP) is 2.85.